The molecule has 0 aliphatic carbocycles. The van der Waals surface area contributed by atoms with Crippen molar-refractivity contribution in [1.29, 1.82) is 0 Å². The van der Waals surface area contributed by atoms with Gasteiger partial charge in [0.25, 0.3) is 0 Å². The predicted molar refractivity (Wildman–Crippen MR) is 77.4 cm³/mol. The summed E-state index contributed by atoms with van der Waals surface area (Å²) in [6, 6.07) is 0.551. The molecule has 18 heavy (non-hydrogen) atoms. The first kappa shape index (κ1) is 15.2. The largest absolute Gasteiger partial charge is 0.342 e. The van der Waals surface area contributed by atoms with Gasteiger partial charge in [-0.05, 0) is 25.3 Å². The molecule has 1 aliphatic rings. The summed E-state index contributed by atoms with van der Waals surface area (Å²) in [5, 5.41) is 0. The molecule has 5 heteroatoms. The summed E-state index contributed by atoms with van der Waals surface area (Å²) in [7, 11) is 2.09. The van der Waals surface area contributed by atoms with Crippen LogP contribution in [-0.2, 0) is 0 Å². The van der Waals surface area contributed by atoms with E-state index < -0.39 is 0 Å². The highest BCUT2D eigenvalue weighted by atomic mass is 15.4. The van der Waals surface area contributed by atoms with Crippen LogP contribution in [0.2, 0.25) is 0 Å². The van der Waals surface area contributed by atoms with Gasteiger partial charge in [-0.1, -0.05) is 20.8 Å². The van der Waals surface area contributed by atoms with Gasteiger partial charge in [0.05, 0.1) is 0 Å². The number of likely N-dealkylation sites (tertiary alicyclic amines) is 1. The zero-order valence-electron chi connectivity index (χ0n) is 12.3. The van der Waals surface area contributed by atoms with E-state index in [9.17, 15) is 0 Å². The maximum atomic E-state index is 5.59. The average Bonchev–Trinajstić information content (AvgIpc) is 2.39. The fourth-order valence-electron chi connectivity index (χ4n) is 2.32. The Bertz CT molecular complexity index is 256. The zero-order valence-corrected chi connectivity index (χ0v) is 12.3. The molecule has 0 atom stereocenters. The van der Waals surface area contributed by atoms with Gasteiger partial charge in [-0.25, -0.2) is 5.84 Å². The van der Waals surface area contributed by atoms with Crippen LogP contribution in [0.25, 0.3) is 0 Å². The van der Waals surface area contributed by atoms with Gasteiger partial charge in [-0.2, -0.15) is 0 Å². The van der Waals surface area contributed by atoms with E-state index in [2.05, 4.69) is 48.0 Å². The van der Waals surface area contributed by atoms with Crippen molar-refractivity contribution >= 4 is 5.96 Å². The quantitative estimate of drug-likeness (QED) is 0.339. The van der Waals surface area contributed by atoms with Gasteiger partial charge in [0.15, 0.2) is 0 Å². The molecule has 1 aliphatic heterocycles. The fraction of sp³-hybridized carbons (Fsp3) is 0.923. The second-order valence-corrected chi connectivity index (χ2v) is 5.48. The van der Waals surface area contributed by atoms with Crippen LogP contribution >= 0.6 is 0 Å². The maximum Gasteiger partial charge on any atom is 0.208 e. The Morgan fingerprint density at radius 2 is 2.06 bits per heavy atom. The number of nitrogens with zero attached hydrogens (tertiary/aromatic N) is 3. The lowest BCUT2D eigenvalue weighted by atomic mass is 10.0. The van der Waals surface area contributed by atoms with E-state index in [1.54, 1.807) is 0 Å². The molecule has 0 unspecified atom stereocenters. The highest BCUT2D eigenvalue weighted by Crippen LogP contribution is 2.15. The smallest absolute Gasteiger partial charge is 0.208 e. The molecule has 0 saturated carbocycles. The second-order valence-electron chi connectivity index (χ2n) is 5.48. The number of hydrogen-bond acceptors (Lipinski definition) is 3. The standard InChI is InChI=1S/C13H29N5/c1-5-18-8-6-12(7-9-18)17(4)13(16-14)15-10-11(2)3/h11-12H,5-10,14H2,1-4H3,(H,15,16). The normalized spacial score (nSPS) is 19.3. The molecule has 0 bridgehead atoms. The summed E-state index contributed by atoms with van der Waals surface area (Å²) >= 11 is 0. The van der Waals surface area contributed by atoms with Gasteiger partial charge in [-0.15, -0.1) is 0 Å². The number of hydrazine groups is 1. The minimum atomic E-state index is 0.551. The molecule has 1 rings (SSSR count). The minimum Gasteiger partial charge on any atom is -0.342 e. The first-order valence-corrected chi connectivity index (χ1v) is 7.04. The van der Waals surface area contributed by atoms with E-state index in [0.717, 1.165) is 19.0 Å². The van der Waals surface area contributed by atoms with Crippen LogP contribution in [0.5, 0.6) is 0 Å². The molecule has 0 aromatic carbocycles. The SMILES string of the molecule is CCN1CCC(N(C)C(=NCC(C)C)NN)CC1. The van der Waals surface area contributed by atoms with Crippen molar-refractivity contribution in [2.45, 2.75) is 39.7 Å². The van der Waals surface area contributed by atoms with Crippen LogP contribution < -0.4 is 11.3 Å². The van der Waals surface area contributed by atoms with Gasteiger partial charge in [0.1, 0.15) is 0 Å². The zero-order chi connectivity index (χ0) is 13.5. The molecule has 0 amide bonds. The lowest BCUT2D eigenvalue weighted by molar-refractivity contribution is 0.169. The summed E-state index contributed by atoms with van der Waals surface area (Å²) in [6.45, 7) is 10.9. The van der Waals surface area contributed by atoms with Gasteiger partial charge in [0, 0.05) is 32.7 Å². The molecule has 106 valence electrons. The lowest BCUT2D eigenvalue weighted by Gasteiger charge is -2.37. The van der Waals surface area contributed by atoms with Crippen molar-refractivity contribution in [2.24, 2.45) is 16.8 Å². The van der Waals surface area contributed by atoms with Gasteiger partial charge >= 0.3 is 0 Å². The molecular formula is C13H29N5. The van der Waals surface area contributed by atoms with Crippen LogP contribution in [-0.4, -0.2) is 55.0 Å². The van der Waals surface area contributed by atoms with Gasteiger partial charge in [-0.3, -0.25) is 10.4 Å². The fourth-order valence-corrected chi connectivity index (χ4v) is 2.32. The van der Waals surface area contributed by atoms with Crippen molar-refractivity contribution in [3.05, 3.63) is 0 Å². The average molecular weight is 255 g/mol. The number of rotatable bonds is 4. The third-order valence-corrected chi connectivity index (χ3v) is 3.62. The van der Waals surface area contributed by atoms with Crippen molar-refractivity contribution in [3.8, 4) is 0 Å². The summed E-state index contributed by atoms with van der Waals surface area (Å²) in [5.41, 5.74) is 2.74. The van der Waals surface area contributed by atoms with E-state index in [-0.39, 0.29) is 0 Å². The van der Waals surface area contributed by atoms with Crippen molar-refractivity contribution in [1.82, 2.24) is 15.2 Å². The molecule has 0 radical (unpaired) electrons. The maximum absolute atomic E-state index is 5.59. The Labute approximate surface area is 111 Å². The van der Waals surface area contributed by atoms with Crippen LogP contribution in [0.4, 0.5) is 0 Å². The Kier molecular flexibility index (Phi) is 6.43. The Balaban J connectivity index is 2.51. The van der Waals surface area contributed by atoms with E-state index in [1.807, 2.05) is 0 Å². The Morgan fingerprint density at radius 3 is 2.50 bits per heavy atom. The third-order valence-electron chi connectivity index (χ3n) is 3.62. The van der Waals surface area contributed by atoms with Crippen molar-refractivity contribution in [3.63, 3.8) is 0 Å². The van der Waals surface area contributed by atoms with Crippen LogP contribution in [0.1, 0.15) is 33.6 Å². The molecule has 0 aromatic heterocycles. The first-order chi connectivity index (χ1) is 8.58. The van der Waals surface area contributed by atoms with E-state index in [1.165, 1.54) is 25.9 Å². The van der Waals surface area contributed by atoms with E-state index in [0.29, 0.717) is 12.0 Å². The predicted octanol–water partition coefficient (Wildman–Crippen LogP) is 0.878. The van der Waals surface area contributed by atoms with E-state index >= 15 is 0 Å². The van der Waals surface area contributed by atoms with Crippen LogP contribution in [0, 0.1) is 5.92 Å². The lowest BCUT2D eigenvalue weighted by Crippen LogP contribution is -2.51. The van der Waals surface area contributed by atoms with E-state index in [4.69, 9.17) is 5.84 Å². The number of hydrogen-bond donors (Lipinski definition) is 2. The molecule has 1 saturated heterocycles. The van der Waals surface area contributed by atoms with Gasteiger partial charge in [0.2, 0.25) is 5.96 Å². The third kappa shape index (κ3) is 4.46. The monoisotopic (exact) mass is 255 g/mol. The molecule has 5 nitrogen and oxygen atoms in total. The van der Waals surface area contributed by atoms with Crippen molar-refractivity contribution in [2.75, 3.05) is 33.2 Å². The Morgan fingerprint density at radius 1 is 1.44 bits per heavy atom. The van der Waals surface area contributed by atoms with Crippen LogP contribution in [0.3, 0.4) is 0 Å². The number of nitrogens with one attached hydrogen (secondary N) is 1. The highest BCUT2D eigenvalue weighted by Gasteiger charge is 2.23. The van der Waals surface area contributed by atoms with Gasteiger partial charge < -0.3 is 9.80 Å². The molecule has 3 N–H and O–H groups in total. The first-order valence-electron chi connectivity index (χ1n) is 7.04. The molecular weight excluding hydrogens is 226 g/mol. The molecule has 1 heterocycles. The Hall–Kier alpha value is -0.810. The number of nitrogens with two attached hydrogens (primary N) is 1. The summed E-state index contributed by atoms with van der Waals surface area (Å²) in [6.07, 6.45) is 2.37. The number of piperidine rings is 1. The molecule has 0 spiro atoms. The molecule has 0 aromatic rings. The minimum absolute atomic E-state index is 0.551. The number of guanidine groups is 1. The van der Waals surface area contributed by atoms with Crippen LogP contribution in [0.15, 0.2) is 4.99 Å². The topological polar surface area (TPSA) is 56.9 Å². The summed E-state index contributed by atoms with van der Waals surface area (Å²) in [5.74, 6) is 6.96. The van der Waals surface area contributed by atoms with Crippen molar-refractivity contribution < 1.29 is 0 Å². The number of aliphatic imine (C=N–C) groups is 1. The highest BCUT2D eigenvalue weighted by molar-refractivity contribution is 5.79. The summed E-state index contributed by atoms with van der Waals surface area (Å²) in [4.78, 5) is 9.24. The molecule has 1 fully saturated rings. The summed E-state index contributed by atoms with van der Waals surface area (Å²) < 4.78 is 0. The second kappa shape index (κ2) is 7.59.